The molecular weight excluding hydrogens is 258 g/mol. The van der Waals surface area contributed by atoms with Crippen molar-refractivity contribution in [1.29, 1.82) is 0 Å². The van der Waals surface area contributed by atoms with E-state index in [1.165, 1.54) is 5.56 Å². The van der Waals surface area contributed by atoms with Gasteiger partial charge in [0.2, 0.25) is 0 Å². The van der Waals surface area contributed by atoms with E-state index in [4.69, 9.17) is 4.74 Å². The Morgan fingerprint density at radius 2 is 2.37 bits per heavy atom. The van der Waals surface area contributed by atoms with Crippen LogP contribution in [-0.4, -0.2) is 10.1 Å². The van der Waals surface area contributed by atoms with E-state index < -0.39 is 0 Å². The molecule has 1 aliphatic rings. The average molecular weight is 275 g/mol. The fourth-order valence-corrected chi connectivity index (χ4v) is 3.18. The highest BCUT2D eigenvalue weighted by Gasteiger charge is 2.18. The quantitative estimate of drug-likeness (QED) is 0.933. The first-order valence-electron chi connectivity index (χ1n) is 6.57. The number of nitrogens with zero attached hydrogens (tertiary/aromatic N) is 1. The van der Waals surface area contributed by atoms with Crippen LogP contribution < -0.4 is 4.74 Å². The van der Waals surface area contributed by atoms with E-state index >= 15 is 0 Å². The summed E-state index contributed by atoms with van der Waals surface area (Å²) in [6.07, 6.45) is 4.49. The number of fused-ring (bicyclic) bond motifs is 1. The minimum atomic E-state index is -0.335. The molecule has 0 bridgehead atoms. The Bertz CT molecular complexity index is 579. The van der Waals surface area contributed by atoms with Gasteiger partial charge in [0.25, 0.3) is 0 Å². The molecule has 1 atom stereocenters. The lowest BCUT2D eigenvalue weighted by atomic mass is 9.89. The number of aliphatic hydroxyl groups excluding tert-OH is 1. The molecule has 0 spiro atoms. The topological polar surface area (TPSA) is 42.4 Å². The number of aromatic nitrogens is 1. The molecular formula is C15H17NO2S. The number of hydrogen-bond donors (Lipinski definition) is 1. The molecule has 0 amide bonds. The van der Waals surface area contributed by atoms with Crippen LogP contribution in [0.2, 0.25) is 0 Å². The van der Waals surface area contributed by atoms with Crippen LogP contribution in [0.1, 0.15) is 40.0 Å². The first-order valence-corrected chi connectivity index (χ1v) is 7.39. The number of ether oxygens (including phenoxy) is 1. The molecule has 0 aliphatic heterocycles. The summed E-state index contributed by atoms with van der Waals surface area (Å²) in [4.78, 5) is 5.33. The fraction of sp³-hybridized carbons (Fsp3) is 0.400. The minimum Gasteiger partial charge on any atom is -0.488 e. The predicted octanol–water partition coefficient (Wildman–Crippen LogP) is 3.40. The van der Waals surface area contributed by atoms with Crippen molar-refractivity contribution in [3.63, 3.8) is 0 Å². The van der Waals surface area contributed by atoms with Crippen molar-refractivity contribution in [3.05, 3.63) is 45.4 Å². The first-order chi connectivity index (χ1) is 9.22. The number of hydrogen-bond acceptors (Lipinski definition) is 4. The van der Waals surface area contributed by atoms with Gasteiger partial charge in [-0.05, 0) is 49.4 Å². The molecule has 2 aromatic rings. The molecule has 3 rings (SSSR count). The van der Waals surface area contributed by atoms with Gasteiger partial charge in [0, 0.05) is 6.20 Å². The molecule has 0 saturated carbocycles. The second-order valence-electron chi connectivity index (χ2n) is 4.90. The van der Waals surface area contributed by atoms with Gasteiger partial charge in [-0.3, -0.25) is 0 Å². The van der Waals surface area contributed by atoms with Gasteiger partial charge in [-0.15, -0.1) is 11.3 Å². The molecule has 0 fully saturated rings. The molecule has 100 valence electrons. The van der Waals surface area contributed by atoms with Crippen molar-refractivity contribution >= 4 is 11.3 Å². The van der Waals surface area contributed by atoms with Crippen LogP contribution in [0.25, 0.3) is 0 Å². The lowest BCUT2D eigenvalue weighted by Crippen LogP contribution is -2.09. The highest BCUT2D eigenvalue weighted by atomic mass is 32.1. The van der Waals surface area contributed by atoms with Crippen molar-refractivity contribution in [2.24, 2.45) is 0 Å². The summed E-state index contributed by atoms with van der Waals surface area (Å²) in [5.74, 6) is 0.825. The third-order valence-corrected chi connectivity index (χ3v) is 4.34. The number of aliphatic hydroxyl groups is 1. The van der Waals surface area contributed by atoms with E-state index in [-0.39, 0.29) is 6.10 Å². The van der Waals surface area contributed by atoms with E-state index in [2.05, 4.69) is 11.1 Å². The number of benzene rings is 1. The van der Waals surface area contributed by atoms with E-state index in [0.29, 0.717) is 6.61 Å². The smallest absolute Gasteiger partial charge is 0.124 e. The van der Waals surface area contributed by atoms with Crippen LogP contribution >= 0.6 is 11.3 Å². The molecule has 4 heteroatoms. The summed E-state index contributed by atoms with van der Waals surface area (Å²) in [6, 6.07) is 6.04. The van der Waals surface area contributed by atoms with Crippen molar-refractivity contribution in [2.75, 3.05) is 0 Å². The van der Waals surface area contributed by atoms with E-state index in [9.17, 15) is 5.11 Å². The maximum Gasteiger partial charge on any atom is 0.124 e. The number of rotatable bonds is 3. The van der Waals surface area contributed by atoms with Gasteiger partial charge in [-0.2, -0.15) is 0 Å². The Morgan fingerprint density at radius 1 is 1.47 bits per heavy atom. The zero-order chi connectivity index (χ0) is 13.2. The summed E-state index contributed by atoms with van der Waals surface area (Å²) < 4.78 is 5.78. The van der Waals surface area contributed by atoms with Crippen LogP contribution in [0.3, 0.4) is 0 Å². The van der Waals surface area contributed by atoms with Crippen LogP contribution in [0.4, 0.5) is 0 Å². The molecule has 0 radical (unpaired) electrons. The molecule has 1 unspecified atom stereocenters. The molecule has 19 heavy (non-hydrogen) atoms. The third kappa shape index (κ3) is 2.80. The Balaban J connectivity index is 1.73. The average Bonchev–Trinajstić information content (AvgIpc) is 2.83. The second-order valence-corrected chi connectivity index (χ2v) is 6.22. The summed E-state index contributed by atoms with van der Waals surface area (Å²) in [6.45, 7) is 2.53. The van der Waals surface area contributed by atoms with Crippen LogP contribution in [0, 0.1) is 6.92 Å². The Kier molecular flexibility index (Phi) is 3.53. The summed E-state index contributed by atoms with van der Waals surface area (Å²) in [7, 11) is 0. The van der Waals surface area contributed by atoms with Crippen LogP contribution in [0.5, 0.6) is 5.75 Å². The maximum atomic E-state index is 10.0. The largest absolute Gasteiger partial charge is 0.488 e. The first kappa shape index (κ1) is 12.6. The third-order valence-electron chi connectivity index (χ3n) is 3.45. The maximum absolute atomic E-state index is 10.0. The number of aryl methyl sites for hydroxylation is 2. The summed E-state index contributed by atoms with van der Waals surface area (Å²) >= 11 is 1.65. The van der Waals surface area contributed by atoms with Crippen LogP contribution in [-0.2, 0) is 13.0 Å². The highest BCUT2D eigenvalue weighted by Crippen LogP contribution is 2.32. The molecule has 1 heterocycles. The van der Waals surface area contributed by atoms with E-state index in [1.54, 1.807) is 11.3 Å². The van der Waals surface area contributed by atoms with Crippen molar-refractivity contribution in [3.8, 4) is 5.75 Å². The molecule has 1 aliphatic carbocycles. The van der Waals surface area contributed by atoms with Gasteiger partial charge in [-0.25, -0.2) is 4.98 Å². The Labute approximate surface area is 116 Å². The van der Waals surface area contributed by atoms with Crippen molar-refractivity contribution in [2.45, 2.75) is 38.9 Å². The Morgan fingerprint density at radius 3 is 3.16 bits per heavy atom. The fourth-order valence-electron chi connectivity index (χ4n) is 2.47. The highest BCUT2D eigenvalue weighted by molar-refractivity contribution is 7.11. The Hall–Kier alpha value is -1.39. The van der Waals surface area contributed by atoms with Crippen molar-refractivity contribution < 1.29 is 9.84 Å². The van der Waals surface area contributed by atoms with E-state index in [1.807, 2.05) is 25.3 Å². The molecule has 0 saturated heterocycles. The van der Waals surface area contributed by atoms with Gasteiger partial charge in [0.1, 0.15) is 12.4 Å². The lowest BCUT2D eigenvalue weighted by molar-refractivity contribution is 0.156. The van der Waals surface area contributed by atoms with Gasteiger partial charge < -0.3 is 9.84 Å². The zero-order valence-electron chi connectivity index (χ0n) is 10.9. The van der Waals surface area contributed by atoms with E-state index in [0.717, 1.165) is 40.5 Å². The molecule has 1 aromatic heterocycles. The standard InChI is InChI=1S/C15H17NO2S/c1-10-16-8-13(19-10)9-18-12-6-5-11-3-2-4-15(17)14(11)7-12/h5-8,15,17H,2-4,9H2,1H3. The SMILES string of the molecule is Cc1ncc(COc2ccc3c(c2)C(O)CCC3)s1. The monoisotopic (exact) mass is 275 g/mol. The summed E-state index contributed by atoms with van der Waals surface area (Å²) in [5.41, 5.74) is 2.28. The minimum absolute atomic E-state index is 0.335. The normalized spacial score (nSPS) is 18.1. The van der Waals surface area contributed by atoms with Gasteiger partial charge in [0.05, 0.1) is 16.0 Å². The van der Waals surface area contributed by atoms with Gasteiger partial charge in [-0.1, -0.05) is 6.07 Å². The zero-order valence-corrected chi connectivity index (χ0v) is 11.7. The molecule has 3 nitrogen and oxygen atoms in total. The van der Waals surface area contributed by atoms with Gasteiger partial charge >= 0.3 is 0 Å². The summed E-state index contributed by atoms with van der Waals surface area (Å²) in [5, 5.41) is 11.1. The second kappa shape index (κ2) is 5.31. The lowest BCUT2D eigenvalue weighted by Gasteiger charge is -2.21. The number of thiazole rings is 1. The predicted molar refractivity (Wildman–Crippen MR) is 75.5 cm³/mol. The van der Waals surface area contributed by atoms with Gasteiger partial charge in [0.15, 0.2) is 0 Å². The van der Waals surface area contributed by atoms with Crippen LogP contribution in [0.15, 0.2) is 24.4 Å². The molecule has 1 aromatic carbocycles. The van der Waals surface area contributed by atoms with Crippen molar-refractivity contribution in [1.82, 2.24) is 4.98 Å². The molecule has 1 N–H and O–H groups in total.